The van der Waals surface area contributed by atoms with E-state index in [0.29, 0.717) is 41.3 Å². The van der Waals surface area contributed by atoms with E-state index in [2.05, 4.69) is 0 Å². The molecule has 2 aromatic carbocycles. The lowest BCUT2D eigenvalue weighted by atomic mass is 9.95. The molecule has 134 valence electrons. The van der Waals surface area contributed by atoms with Gasteiger partial charge in [0.25, 0.3) is 0 Å². The summed E-state index contributed by atoms with van der Waals surface area (Å²) in [5.41, 5.74) is 2.41. The summed E-state index contributed by atoms with van der Waals surface area (Å²) in [5.74, 6) is 1.82. The average Bonchev–Trinajstić information content (AvgIpc) is 2.63. The van der Waals surface area contributed by atoms with Crippen molar-refractivity contribution in [2.45, 2.75) is 13.3 Å². The predicted molar refractivity (Wildman–Crippen MR) is 93.7 cm³/mol. The van der Waals surface area contributed by atoms with Gasteiger partial charge in [-0.05, 0) is 18.6 Å². The molecule has 0 bridgehead atoms. The van der Waals surface area contributed by atoms with Gasteiger partial charge in [0.05, 0.1) is 34.0 Å². The predicted octanol–water partition coefficient (Wildman–Crippen LogP) is 3.14. The van der Waals surface area contributed by atoms with Crippen LogP contribution in [0.5, 0.6) is 28.7 Å². The highest BCUT2D eigenvalue weighted by Crippen LogP contribution is 2.50. The van der Waals surface area contributed by atoms with E-state index in [4.69, 9.17) is 18.9 Å². The van der Waals surface area contributed by atoms with Crippen molar-refractivity contribution in [1.29, 1.82) is 0 Å². The van der Waals surface area contributed by atoms with Gasteiger partial charge in [0.2, 0.25) is 11.5 Å². The van der Waals surface area contributed by atoms with Crippen LogP contribution in [-0.4, -0.2) is 39.8 Å². The van der Waals surface area contributed by atoms with Gasteiger partial charge in [-0.1, -0.05) is 12.1 Å². The number of hydrogen-bond acceptors (Lipinski definition) is 6. The zero-order chi connectivity index (χ0) is 18.6. The number of aldehydes is 1. The molecule has 2 rings (SSSR count). The second kappa shape index (κ2) is 7.79. The minimum Gasteiger partial charge on any atom is -0.507 e. The number of benzene rings is 2. The molecule has 0 aromatic heterocycles. The van der Waals surface area contributed by atoms with Crippen LogP contribution in [0.15, 0.2) is 18.2 Å². The lowest BCUT2D eigenvalue weighted by Crippen LogP contribution is -2.05. The van der Waals surface area contributed by atoms with Crippen LogP contribution in [0.3, 0.4) is 0 Å². The van der Waals surface area contributed by atoms with Crippen molar-refractivity contribution in [3.63, 3.8) is 0 Å². The average molecular weight is 346 g/mol. The van der Waals surface area contributed by atoms with E-state index in [9.17, 15) is 9.90 Å². The Kier molecular flexibility index (Phi) is 5.75. The van der Waals surface area contributed by atoms with Gasteiger partial charge in [-0.25, -0.2) is 0 Å². The Hall–Kier alpha value is -2.89. The van der Waals surface area contributed by atoms with Crippen LogP contribution >= 0.6 is 0 Å². The molecule has 0 amide bonds. The standard InChI is InChI=1S/C19H22O6/c1-11-14(9-12-7-6-8-13(10-20)15(12)21)17(23-3)19(25-5)18(24-4)16(11)22-2/h6-8,10,21H,9H2,1-5H3. The molecular formula is C19H22O6. The van der Waals surface area contributed by atoms with Crippen LogP contribution in [0.4, 0.5) is 0 Å². The van der Waals surface area contributed by atoms with Crippen molar-refractivity contribution in [3.8, 4) is 28.7 Å². The highest BCUT2D eigenvalue weighted by atomic mass is 16.5. The number of hydrogen-bond donors (Lipinski definition) is 1. The third-order valence-electron chi connectivity index (χ3n) is 4.15. The van der Waals surface area contributed by atoms with Gasteiger partial charge in [-0.3, -0.25) is 4.79 Å². The van der Waals surface area contributed by atoms with Gasteiger partial charge in [-0.15, -0.1) is 0 Å². The number of phenolic OH excluding ortho intramolecular Hbond substituents is 1. The fraction of sp³-hybridized carbons (Fsp3) is 0.316. The molecule has 1 N–H and O–H groups in total. The molecule has 0 saturated heterocycles. The number of ether oxygens (including phenoxy) is 4. The molecule has 0 saturated carbocycles. The van der Waals surface area contributed by atoms with Crippen molar-refractivity contribution >= 4 is 6.29 Å². The Morgan fingerprint density at radius 1 is 0.920 bits per heavy atom. The zero-order valence-electron chi connectivity index (χ0n) is 15.0. The molecule has 25 heavy (non-hydrogen) atoms. The second-order valence-corrected chi connectivity index (χ2v) is 5.39. The molecule has 0 fully saturated rings. The molecule has 6 heteroatoms. The number of methoxy groups -OCH3 is 4. The summed E-state index contributed by atoms with van der Waals surface area (Å²) < 4.78 is 21.9. The van der Waals surface area contributed by atoms with Crippen molar-refractivity contribution in [1.82, 2.24) is 0 Å². The van der Waals surface area contributed by atoms with Crippen LogP contribution in [0.1, 0.15) is 27.0 Å². The summed E-state index contributed by atoms with van der Waals surface area (Å²) in [6.45, 7) is 1.87. The topological polar surface area (TPSA) is 74.2 Å². The molecule has 2 aromatic rings. The van der Waals surface area contributed by atoms with E-state index in [1.54, 1.807) is 25.3 Å². The number of phenols is 1. The second-order valence-electron chi connectivity index (χ2n) is 5.39. The highest BCUT2D eigenvalue weighted by molar-refractivity contribution is 5.80. The van der Waals surface area contributed by atoms with Crippen LogP contribution < -0.4 is 18.9 Å². The Morgan fingerprint density at radius 2 is 1.48 bits per heavy atom. The van der Waals surface area contributed by atoms with E-state index >= 15 is 0 Å². The van der Waals surface area contributed by atoms with E-state index in [0.717, 1.165) is 11.1 Å². The number of aromatic hydroxyl groups is 1. The summed E-state index contributed by atoms with van der Waals surface area (Å²) in [5, 5.41) is 10.3. The molecule has 0 radical (unpaired) electrons. The van der Waals surface area contributed by atoms with Crippen LogP contribution in [-0.2, 0) is 6.42 Å². The first-order valence-corrected chi connectivity index (χ1v) is 7.65. The lowest BCUT2D eigenvalue weighted by molar-refractivity contribution is 0.112. The van der Waals surface area contributed by atoms with Crippen molar-refractivity contribution in [2.75, 3.05) is 28.4 Å². The Balaban J connectivity index is 2.71. The third kappa shape index (κ3) is 3.20. The Bertz CT molecular complexity index is 782. The van der Waals surface area contributed by atoms with Crippen LogP contribution in [0.25, 0.3) is 0 Å². The van der Waals surface area contributed by atoms with Crippen LogP contribution in [0, 0.1) is 6.92 Å². The minimum absolute atomic E-state index is 0.0484. The number of para-hydroxylation sites is 1. The van der Waals surface area contributed by atoms with Gasteiger partial charge in [0.15, 0.2) is 17.8 Å². The van der Waals surface area contributed by atoms with Crippen LogP contribution in [0.2, 0.25) is 0 Å². The molecule has 0 aliphatic heterocycles. The van der Waals surface area contributed by atoms with Gasteiger partial charge >= 0.3 is 0 Å². The first kappa shape index (κ1) is 18.4. The normalized spacial score (nSPS) is 10.3. The molecule has 0 aliphatic rings. The fourth-order valence-corrected chi connectivity index (χ4v) is 2.91. The first-order chi connectivity index (χ1) is 12.0. The quantitative estimate of drug-likeness (QED) is 0.777. The van der Waals surface area contributed by atoms with Crippen molar-refractivity contribution in [2.24, 2.45) is 0 Å². The minimum atomic E-state index is -0.0484. The van der Waals surface area contributed by atoms with Gasteiger partial charge < -0.3 is 24.1 Å². The number of carbonyl (C=O) groups excluding carboxylic acids is 1. The van der Waals surface area contributed by atoms with Gasteiger partial charge in [-0.2, -0.15) is 0 Å². The zero-order valence-corrected chi connectivity index (χ0v) is 15.0. The summed E-state index contributed by atoms with van der Waals surface area (Å²) >= 11 is 0. The smallest absolute Gasteiger partial charge is 0.207 e. The molecular weight excluding hydrogens is 324 g/mol. The maximum atomic E-state index is 11.1. The number of rotatable bonds is 7. The van der Waals surface area contributed by atoms with E-state index in [1.807, 2.05) is 6.92 Å². The van der Waals surface area contributed by atoms with Gasteiger partial charge in [0.1, 0.15) is 5.75 Å². The summed E-state index contributed by atoms with van der Waals surface area (Å²) in [4.78, 5) is 11.1. The molecule has 6 nitrogen and oxygen atoms in total. The first-order valence-electron chi connectivity index (χ1n) is 7.65. The summed E-state index contributed by atoms with van der Waals surface area (Å²) in [6.07, 6.45) is 0.956. The molecule has 0 atom stereocenters. The highest BCUT2D eigenvalue weighted by Gasteiger charge is 2.26. The number of carbonyl (C=O) groups is 1. The molecule has 0 aliphatic carbocycles. The monoisotopic (exact) mass is 346 g/mol. The van der Waals surface area contributed by atoms with E-state index < -0.39 is 0 Å². The molecule has 0 spiro atoms. The maximum Gasteiger partial charge on any atom is 0.207 e. The lowest BCUT2D eigenvalue weighted by Gasteiger charge is -2.22. The SMILES string of the molecule is COc1c(C)c(Cc2cccc(C=O)c2O)c(OC)c(OC)c1OC. The largest absolute Gasteiger partial charge is 0.507 e. The van der Waals surface area contributed by atoms with Gasteiger partial charge in [0, 0.05) is 17.5 Å². The Morgan fingerprint density at radius 3 is 2.00 bits per heavy atom. The Labute approximate surface area is 146 Å². The third-order valence-corrected chi connectivity index (χ3v) is 4.15. The van der Waals surface area contributed by atoms with E-state index in [-0.39, 0.29) is 11.3 Å². The maximum absolute atomic E-state index is 11.1. The molecule has 0 heterocycles. The summed E-state index contributed by atoms with van der Waals surface area (Å²) in [7, 11) is 6.13. The van der Waals surface area contributed by atoms with Crippen molar-refractivity contribution < 1.29 is 28.8 Å². The fourth-order valence-electron chi connectivity index (χ4n) is 2.91. The summed E-state index contributed by atoms with van der Waals surface area (Å²) in [6, 6.07) is 5.04. The molecule has 0 unspecified atom stereocenters. The van der Waals surface area contributed by atoms with Crippen molar-refractivity contribution in [3.05, 3.63) is 40.5 Å². The van der Waals surface area contributed by atoms with E-state index in [1.165, 1.54) is 21.3 Å².